The molecule has 2 aliphatic rings. The lowest BCUT2D eigenvalue weighted by Crippen LogP contribution is -2.48. The van der Waals surface area contributed by atoms with E-state index in [1.165, 1.54) is 7.11 Å². The fourth-order valence-electron chi connectivity index (χ4n) is 2.09. The van der Waals surface area contributed by atoms with Crippen LogP contribution in [0.25, 0.3) is 0 Å². The number of Topliss-reactive ketones (excluding diaryl/α,β-unsaturated/α-hetero) is 1. The van der Waals surface area contributed by atoms with Crippen LogP contribution in [0.15, 0.2) is 0 Å². The van der Waals surface area contributed by atoms with Crippen LogP contribution in [0.2, 0.25) is 0 Å². The third-order valence-electron chi connectivity index (χ3n) is 2.85. The highest BCUT2D eigenvalue weighted by atomic mass is 19.1. The lowest BCUT2D eigenvalue weighted by molar-refractivity contribution is -0.155. The van der Waals surface area contributed by atoms with E-state index < -0.39 is 41.8 Å². The van der Waals surface area contributed by atoms with Gasteiger partial charge in [-0.05, 0) is 0 Å². The summed E-state index contributed by atoms with van der Waals surface area (Å²) in [4.78, 5) is 33.6. The number of hydrogen-bond donors (Lipinski definition) is 0. The van der Waals surface area contributed by atoms with E-state index in [2.05, 4.69) is 4.74 Å². The number of fused-ring (bicyclic) bond motifs is 1. The molecular weight excluding hydrogens is 207 g/mol. The van der Waals surface area contributed by atoms with E-state index >= 15 is 0 Å². The smallest absolute Gasteiger partial charge is 0.320 e. The molecule has 0 amide bonds. The molecule has 2 rings (SSSR count). The SMILES string of the molecule is CO[C@H]1[C@@H]2C(=O)OC(=O)[C@@H]2CC(=O)[C@H]1F. The molecule has 1 aliphatic carbocycles. The van der Waals surface area contributed by atoms with Gasteiger partial charge in [0.05, 0.1) is 5.92 Å². The van der Waals surface area contributed by atoms with Crippen LogP contribution in [0.3, 0.4) is 0 Å². The molecule has 1 aliphatic heterocycles. The predicted octanol–water partition coefficient (Wildman–Crippen LogP) is -0.372. The van der Waals surface area contributed by atoms with Crippen molar-refractivity contribution in [3.05, 3.63) is 0 Å². The van der Waals surface area contributed by atoms with Gasteiger partial charge in [-0.25, -0.2) is 4.39 Å². The normalized spacial score (nSPS) is 40.3. The van der Waals surface area contributed by atoms with Gasteiger partial charge >= 0.3 is 11.9 Å². The van der Waals surface area contributed by atoms with E-state index in [1.54, 1.807) is 0 Å². The van der Waals surface area contributed by atoms with Crippen molar-refractivity contribution < 1.29 is 28.2 Å². The van der Waals surface area contributed by atoms with Gasteiger partial charge in [-0.3, -0.25) is 14.4 Å². The van der Waals surface area contributed by atoms with Crippen LogP contribution in [0, 0.1) is 11.8 Å². The monoisotopic (exact) mass is 216 g/mol. The van der Waals surface area contributed by atoms with Gasteiger partial charge < -0.3 is 9.47 Å². The first kappa shape index (κ1) is 10.2. The zero-order valence-electron chi connectivity index (χ0n) is 7.94. The number of rotatable bonds is 1. The molecule has 0 N–H and O–H groups in total. The second-order valence-electron chi connectivity index (χ2n) is 3.64. The molecule has 0 spiro atoms. The summed E-state index contributed by atoms with van der Waals surface area (Å²) in [5.41, 5.74) is 0. The van der Waals surface area contributed by atoms with Crippen LogP contribution in [-0.2, 0) is 23.9 Å². The van der Waals surface area contributed by atoms with Gasteiger partial charge in [0.1, 0.15) is 12.0 Å². The molecule has 0 unspecified atom stereocenters. The third-order valence-corrected chi connectivity index (χ3v) is 2.85. The maximum Gasteiger partial charge on any atom is 0.320 e. The summed E-state index contributed by atoms with van der Waals surface area (Å²) in [6.45, 7) is 0. The molecule has 5 nitrogen and oxygen atoms in total. The Kier molecular flexibility index (Phi) is 2.30. The van der Waals surface area contributed by atoms with Gasteiger partial charge in [0.15, 0.2) is 12.0 Å². The number of carbonyl (C=O) groups is 3. The minimum atomic E-state index is -1.85. The van der Waals surface area contributed by atoms with Crippen molar-refractivity contribution >= 4 is 17.7 Å². The maximum absolute atomic E-state index is 13.4. The molecule has 2 fully saturated rings. The van der Waals surface area contributed by atoms with Gasteiger partial charge in [0.25, 0.3) is 0 Å². The van der Waals surface area contributed by atoms with E-state index in [1.807, 2.05) is 0 Å². The Morgan fingerprint density at radius 3 is 2.60 bits per heavy atom. The zero-order chi connectivity index (χ0) is 11.2. The number of alkyl halides is 1. The molecule has 4 atom stereocenters. The van der Waals surface area contributed by atoms with Crippen molar-refractivity contribution in [3.8, 4) is 0 Å². The number of methoxy groups -OCH3 is 1. The fourth-order valence-corrected chi connectivity index (χ4v) is 2.09. The Balaban J connectivity index is 2.33. The largest absolute Gasteiger partial charge is 0.393 e. The van der Waals surface area contributed by atoms with Gasteiger partial charge in [-0.1, -0.05) is 0 Å². The van der Waals surface area contributed by atoms with Gasteiger partial charge in [0.2, 0.25) is 0 Å². The predicted molar refractivity (Wildman–Crippen MR) is 43.4 cm³/mol. The van der Waals surface area contributed by atoms with E-state index in [9.17, 15) is 18.8 Å². The standard InChI is InChI=1S/C9H9FO5/c1-14-7-5-3(2-4(11)6(7)10)8(12)15-9(5)13/h3,5-7H,2H2,1H3/t3-,5-,6-,7+/m1/s1. The van der Waals surface area contributed by atoms with Crippen molar-refractivity contribution in [2.45, 2.75) is 18.7 Å². The summed E-state index contributed by atoms with van der Waals surface area (Å²) in [7, 11) is 1.20. The Bertz CT molecular complexity index is 339. The highest BCUT2D eigenvalue weighted by Crippen LogP contribution is 2.37. The molecule has 0 aromatic heterocycles. The summed E-state index contributed by atoms with van der Waals surface area (Å²) < 4.78 is 22.5. The second kappa shape index (κ2) is 3.37. The van der Waals surface area contributed by atoms with Crippen LogP contribution >= 0.6 is 0 Å². The first-order valence-electron chi connectivity index (χ1n) is 4.51. The molecule has 82 valence electrons. The number of esters is 2. The van der Waals surface area contributed by atoms with Crippen molar-refractivity contribution in [3.63, 3.8) is 0 Å². The summed E-state index contributed by atoms with van der Waals surface area (Å²) in [6.07, 6.45) is -3.33. The molecule has 15 heavy (non-hydrogen) atoms. The molecular formula is C9H9FO5. The molecule has 1 saturated carbocycles. The first-order valence-corrected chi connectivity index (χ1v) is 4.51. The van der Waals surface area contributed by atoms with E-state index in [0.717, 1.165) is 0 Å². The van der Waals surface area contributed by atoms with Gasteiger partial charge in [0, 0.05) is 13.5 Å². The van der Waals surface area contributed by atoms with Crippen molar-refractivity contribution in [1.29, 1.82) is 0 Å². The molecule has 0 aromatic carbocycles. The average Bonchev–Trinajstić information content (AvgIpc) is 2.45. The summed E-state index contributed by atoms with van der Waals surface area (Å²) in [6, 6.07) is 0. The summed E-state index contributed by atoms with van der Waals surface area (Å²) >= 11 is 0. The van der Waals surface area contributed by atoms with Crippen LogP contribution < -0.4 is 0 Å². The molecule has 0 bridgehead atoms. The number of ether oxygens (including phenoxy) is 2. The van der Waals surface area contributed by atoms with E-state index in [-0.39, 0.29) is 6.42 Å². The van der Waals surface area contributed by atoms with Crippen molar-refractivity contribution in [1.82, 2.24) is 0 Å². The molecule has 1 heterocycles. The number of carbonyl (C=O) groups excluding carboxylic acids is 3. The Hall–Kier alpha value is -1.30. The third kappa shape index (κ3) is 1.36. The Labute approximate surface area is 84.5 Å². The number of halogens is 1. The number of ketones is 1. The lowest BCUT2D eigenvalue weighted by Gasteiger charge is -2.29. The zero-order valence-corrected chi connectivity index (χ0v) is 7.94. The molecule has 0 radical (unpaired) electrons. The number of cyclic esters (lactones) is 2. The van der Waals surface area contributed by atoms with Crippen LogP contribution in [0.4, 0.5) is 4.39 Å². The van der Waals surface area contributed by atoms with Crippen LogP contribution in [-0.4, -0.2) is 37.1 Å². The number of hydrogen-bond acceptors (Lipinski definition) is 5. The first-order chi connectivity index (χ1) is 7.06. The summed E-state index contributed by atoms with van der Waals surface area (Å²) in [5.74, 6) is -4.12. The second-order valence-corrected chi connectivity index (χ2v) is 3.64. The topological polar surface area (TPSA) is 69.7 Å². The Morgan fingerprint density at radius 1 is 1.33 bits per heavy atom. The van der Waals surface area contributed by atoms with Crippen molar-refractivity contribution in [2.75, 3.05) is 7.11 Å². The minimum Gasteiger partial charge on any atom is -0.393 e. The summed E-state index contributed by atoms with van der Waals surface area (Å²) in [5, 5.41) is 0. The highest BCUT2D eigenvalue weighted by molar-refractivity contribution is 6.02. The minimum absolute atomic E-state index is 0.281. The van der Waals surface area contributed by atoms with Crippen LogP contribution in [0.1, 0.15) is 6.42 Å². The van der Waals surface area contributed by atoms with Gasteiger partial charge in [-0.2, -0.15) is 0 Å². The maximum atomic E-state index is 13.4. The van der Waals surface area contributed by atoms with Crippen molar-refractivity contribution in [2.24, 2.45) is 11.8 Å². The molecule has 6 heteroatoms. The van der Waals surface area contributed by atoms with E-state index in [4.69, 9.17) is 4.74 Å². The van der Waals surface area contributed by atoms with Gasteiger partial charge in [-0.15, -0.1) is 0 Å². The Morgan fingerprint density at radius 2 is 2.00 bits per heavy atom. The fraction of sp³-hybridized carbons (Fsp3) is 0.667. The lowest BCUT2D eigenvalue weighted by atomic mass is 9.77. The van der Waals surface area contributed by atoms with E-state index in [0.29, 0.717) is 0 Å². The molecule has 0 aromatic rings. The average molecular weight is 216 g/mol. The van der Waals surface area contributed by atoms with Crippen LogP contribution in [0.5, 0.6) is 0 Å². The highest BCUT2D eigenvalue weighted by Gasteiger charge is 2.56. The molecule has 1 saturated heterocycles. The quantitative estimate of drug-likeness (QED) is 0.441.